The van der Waals surface area contributed by atoms with Crippen LogP contribution in [0.25, 0.3) is 0 Å². The molecule has 0 bridgehead atoms. The highest BCUT2D eigenvalue weighted by Gasteiger charge is 2.41. The Labute approximate surface area is 129 Å². The van der Waals surface area contributed by atoms with Crippen LogP contribution in [0.15, 0.2) is 0 Å². The molecule has 23 heavy (non-hydrogen) atoms. The lowest BCUT2D eigenvalue weighted by atomic mass is 9.94. The molecule has 9 heteroatoms. The third-order valence-corrected chi connectivity index (χ3v) is 2.94. The minimum Gasteiger partial charge on any atom is -0.462 e. The lowest BCUT2D eigenvalue weighted by Crippen LogP contribution is -2.23. The summed E-state index contributed by atoms with van der Waals surface area (Å²) in [4.78, 5) is 14.9. The maximum Gasteiger partial charge on any atom is 0.434 e. The Morgan fingerprint density at radius 1 is 1.30 bits per heavy atom. The van der Waals surface area contributed by atoms with Crippen molar-refractivity contribution in [2.45, 2.75) is 39.8 Å². The van der Waals surface area contributed by atoms with Gasteiger partial charge in [-0.3, -0.25) is 0 Å². The van der Waals surface area contributed by atoms with Gasteiger partial charge in [-0.2, -0.15) is 13.2 Å². The molecule has 1 aromatic heterocycles. The van der Waals surface area contributed by atoms with Crippen LogP contribution in [0.5, 0.6) is 0 Å². The predicted octanol–water partition coefficient (Wildman–Crippen LogP) is 4.00. The van der Waals surface area contributed by atoms with Crippen molar-refractivity contribution in [2.75, 3.05) is 12.3 Å². The molecular formula is C14H17F5N2O2. The number of nitrogen functional groups attached to an aromatic ring is 1. The van der Waals surface area contributed by atoms with Gasteiger partial charge in [-0.1, -0.05) is 13.8 Å². The van der Waals surface area contributed by atoms with Gasteiger partial charge in [-0.05, 0) is 24.8 Å². The summed E-state index contributed by atoms with van der Waals surface area (Å²) in [6.45, 7) is 4.56. The van der Waals surface area contributed by atoms with Crippen molar-refractivity contribution in [1.29, 1.82) is 0 Å². The summed E-state index contributed by atoms with van der Waals surface area (Å²) in [5.41, 5.74) is 0.875. The maximum atomic E-state index is 13.2. The smallest absolute Gasteiger partial charge is 0.434 e. The molecule has 0 atom stereocenters. The monoisotopic (exact) mass is 340 g/mol. The van der Waals surface area contributed by atoms with E-state index in [1.54, 1.807) is 13.8 Å². The highest BCUT2D eigenvalue weighted by Crippen LogP contribution is 2.38. The zero-order chi connectivity index (χ0) is 17.9. The average molecular weight is 340 g/mol. The van der Waals surface area contributed by atoms with Crippen LogP contribution in [0.2, 0.25) is 0 Å². The fourth-order valence-electron chi connectivity index (χ4n) is 2.08. The van der Waals surface area contributed by atoms with Crippen LogP contribution in [0.3, 0.4) is 0 Å². The van der Waals surface area contributed by atoms with E-state index in [1.165, 1.54) is 6.92 Å². The van der Waals surface area contributed by atoms with Gasteiger partial charge in [0.15, 0.2) is 5.69 Å². The van der Waals surface area contributed by atoms with Crippen molar-refractivity contribution >= 4 is 11.7 Å². The van der Waals surface area contributed by atoms with Crippen LogP contribution < -0.4 is 5.73 Å². The van der Waals surface area contributed by atoms with Gasteiger partial charge in [-0.15, -0.1) is 0 Å². The third kappa shape index (κ3) is 4.29. The Morgan fingerprint density at radius 3 is 2.26 bits per heavy atom. The first kappa shape index (κ1) is 19.1. The normalized spacial score (nSPS) is 12.1. The first-order valence-electron chi connectivity index (χ1n) is 6.85. The molecule has 0 aliphatic heterocycles. The summed E-state index contributed by atoms with van der Waals surface area (Å²) >= 11 is 0. The van der Waals surface area contributed by atoms with Crippen molar-refractivity contribution in [3.05, 3.63) is 22.5 Å². The molecule has 0 saturated carbocycles. The average Bonchev–Trinajstić information content (AvgIpc) is 2.38. The second-order valence-corrected chi connectivity index (χ2v) is 5.23. The number of nitrogens with zero attached hydrogens (tertiary/aromatic N) is 1. The van der Waals surface area contributed by atoms with Crippen molar-refractivity contribution in [3.8, 4) is 0 Å². The Bertz CT molecular complexity index is 586. The molecule has 1 aromatic rings. The van der Waals surface area contributed by atoms with Crippen molar-refractivity contribution in [1.82, 2.24) is 4.98 Å². The summed E-state index contributed by atoms with van der Waals surface area (Å²) in [6.07, 6.45) is -8.48. The number of hydrogen-bond acceptors (Lipinski definition) is 4. The van der Waals surface area contributed by atoms with Gasteiger partial charge in [0.1, 0.15) is 5.69 Å². The Hall–Kier alpha value is -1.93. The number of carbonyl (C=O) groups is 1. The number of esters is 1. The number of alkyl halides is 5. The fourth-order valence-corrected chi connectivity index (χ4v) is 2.08. The summed E-state index contributed by atoms with van der Waals surface area (Å²) in [5.74, 6) is -1.50. The van der Waals surface area contributed by atoms with Gasteiger partial charge in [0.05, 0.1) is 17.9 Å². The van der Waals surface area contributed by atoms with Gasteiger partial charge in [0.2, 0.25) is 0 Å². The van der Waals surface area contributed by atoms with Crippen molar-refractivity contribution in [2.24, 2.45) is 5.92 Å². The zero-order valence-corrected chi connectivity index (χ0v) is 12.8. The minimum absolute atomic E-state index is 0.0920. The molecule has 0 radical (unpaired) electrons. The molecule has 2 N–H and O–H groups in total. The third-order valence-electron chi connectivity index (χ3n) is 2.94. The number of rotatable bonds is 5. The Balaban J connectivity index is 3.78. The van der Waals surface area contributed by atoms with Crippen molar-refractivity contribution in [3.63, 3.8) is 0 Å². The summed E-state index contributed by atoms with van der Waals surface area (Å²) in [5, 5.41) is 0. The van der Waals surface area contributed by atoms with Gasteiger partial charge in [0.25, 0.3) is 6.43 Å². The highest BCUT2D eigenvalue weighted by atomic mass is 19.4. The largest absolute Gasteiger partial charge is 0.462 e. The standard InChI is InChI=1S/C14H17F5N2O2/c1-4-23-13(22)8-7(5-6(2)3)9(20)10(12(15)16)21-11(8)14(17,18)19/h6,12H,4-5,20H2,1-3H3. The molecule has 0 amide bonds. The quantitative estimate of drug-likeness (QED) is 0.650. The number of pyridine rings is 1. The number of nitrogens with two attached hydrogens (primary N) is 1. The molecule has 0 spiro atoms. The summed E-state index contributed by atoms with van der Waals surface area (Å²) < 4.78 is 70.1. The molecule has 130 valence electrons. The number of ether oxygens (including phenoxy) is 1. The van der Waals surface area contributed by atoms with E-state index in [1.807, 2.05) is 0 Å². The van der Waals surface area contributed by atoms with Crippen molar-refractivity contribution < 1.29 is 31.5 Å². The van der Waals surface area contributed by atoms with Gasteiger partial charge >= 0.3 is 12.1 Å². The van der Waals surface area contributed by atoms with E-state index in [-0.39, 0.29) is 24.5 Å². The molecular weight excluding hydrogens is 323 g/mol. The van der Waals surface area contributed by atoms with Crippen LogP contribution in [0.1, 0.15) is 54.5 Å². The molecule has 0 saturated heterocycles. The molecule has 0 fully saturated rings. The molecule has 0 aliphatic rings. The molecule has 0 aromatic carbocycles. The van der Waals surface area contributed by atoms with Crippen LogP contribution in [-0.4, -0.2) is 17.6 Å². The number of hydrogen-bond donors (Lipinski definition) is 1. The molecule has 4 nitrogen and oxygen atoms in total. The second kappa shape index (κ2) is 7.10. The second-order valence-electron chi connectivity index (χ2n) is 5.23. The van der Waals surface area contributed by atoms with E-state index >= 15 is 0 Å². The van der Waals surface area contributed by atoms with E-state index in [9.17, 15) is 26.7 Å². The minimum atomic E-state index is -5.09. The zero-order valence-electron chi connectivity index (χ0n) is 12.8. The van der Waals surface area contributed by atoms with E-state index < -0.39 is 41.2 Å². The first-order chi connectivity index (χ1) is 10.5. The summed E-state index contributed by atoms with van der Waals surface area (Å²) in [6, 6.07) is 0. The van der Waals surface area contributed by atoms with E-state index in [4.69, 9.17) is 5.73 Å². The van der Waals surface area contributed by atoms with Crippen LogP contribution in [0.4, 0.5) is 27.6 Å². The number of carbonyl (C=O) groups excluding carboxylic acids is 1. The molecule has 1 rings (SSSR count). The van der Waals surface area contributed by atoms with Gasteiger partial charge in [0, 0.05) is 0 Å². The van der Waals surface area contributed by atoms with Crippen LogP contribution in [-0.2, 0) is 17.3 Å². The topological polar surface area (TPSA) is 65.2 Å². The van der Waals surface area contributed by atoms with Gasteiger partial charge in [-0.25, -0.2) is 18.6 Å². The summed E-state index contributed by atoms with van der Waals surface area (Å²) in [7, 11) is 0. The number of halogens is 5. The molecule has 0 aliphatic carbocycles. The van der Waals surface area contributed by atoms with E-state index in [0.717, 1.165) is 0 Å². The number of aromatic nitrogens is 1. The van der Waals surface area contributed by atoms with Crippen LogP contribution in [0, 0.1) is 5.92 Å². The lowest BCUT2D eigenvalue weighted by molar-refractivity contribution is -0.142. The predicted molar refractivity (Wildman–Crippen MR) is 73.1 cm³/mol. The van der Waals surface area contributed by atoms with Gasteiger partial charge < -0.3 is 10.5 Å². The lowest BCUT2D eigenvalue weighted by Gasteiger charge is -2.20. The highest BCUT2D eigenvalue weighted by molar-refractivity contribution is 5.94. The maximum absolute atomic E-state index is 13.2. The van der Waals surface area contributed by atoms with E-state index in [0.29, 0.717) is 0 Å². The molecule has 0 unspecified atom stereocenters. The number of anilines is 1. The fraction of sp³-hybridized carbons (Fsp3) is 0.571. The Kier molecular flexibility index (Phi) is 5.90. The molecule has 1 heterocycles. The first-order valence-corrected chi connectivity index (χ1v) is 6.85. The van der Waals surface area contributed by atoms with Crippen LogP contribution >= 0.6 is 0 Å². The van der Waals surface area contributed by atoms with E-state index in [2.05, 4.69) is 9.72 Å². The SMILES string of the molecule is CCOC(=O)c1c(C(F)(F)F)nc(C(F)F)c(N)c1CC(C)C. The Morgan fingerprint density at radius 2 is 1.87 bits per heavy atom.